The minimum absolute atomic E-state index is 0.174. The Balaban J connectivity index is 1.55. The van der Waals surface area contributed by atoms with Gasteiger partial charge in [0.25, 0.3) is 15.9 Å². The van der Waals surface area contributed by atoms with Crippen molar-refractivity contribution in [3.8, 4) is 5.75 Å². The third kappa shape index (κ3) is 7.81. The second kappa shape index (κ2) is 15.5. The number of aromatic nitrogens is 2. The van der Waals surface area contributed by atoms with Crippen LogP contribution in [0.4, 0.5) is 11.4 Å². The van der Waals surface area contributed by atoms with Gasteiger partial charge < -0.3 is 19.3 Å². The number of anilines is 2. The molecular weight excluding hydrogens is 675 g/mol. The highest BCUT2D eigenvalue weighted by Crippen LogP contribution is 2.45. The van der Waals surface area contributed by atoms with Crippen molar-refractivity contribution in [2.24, 2.45) is 0 Å². The van der Waals surface area contributed by atoms with Crippen LogP contribution in [0.25, 0.3) is 17.1 Å². The van der Waals surface area contributed by atoms with E-state index >= 15 is 0 Å². The van der Waals surface area contributed by atoms with Crippen LogP contribution in [0.5, 0.6) is 5.75 Å². The summed E-state index contributed by atoms with van der Waals surface area (Å²) in [5.74, 6) is 1.65. The van der Waals surface area contributed by atoms with E-state index in [1.807, 2.05) is 78.2 Å². The zero-order chi connectivity index (χ0) is 34.4. The van der Waals surface area contributed by atoms with Gasteiger partial charge >= 0.3 is 5.97 Å². The van der Waals surface area contributed by atoms with Crippen molar-refractivity contribution >= 4 is 67.8 Å². The van der Waals surface area contributed by atoms with Crippen molar-refractivity contribution < 1.29 is 31.8 Å². The Kier molecular flexibility index (Phi) is 11.4. The van der Waals surface area contributed by atoms with E-state index in [-0.39, 0.29) is 19.6 Å². The largest absolute Gasteiger partial charge is 0.492 e. The lowest BCUT2D eigenvalue weighted by Gasteiger charge is -2.24. The van der Waals surface area contributed by atoms with Gasteiger partial charge in [-0.15, -0.1) is 0 Å². The molecule has 0 bridgehead atoms. The number of nitrogens with zero attached hydrogens (tertiary/aromatic N) is 4. The minimum Gasteiger partial charge on any atom is -0.492 e. The molecule has 2 heterocycles. The van der Waals surface area contributed by atoms with Crippen LogP contribution in [0.2, 0.25) is 10.0 Å². The maximum atomic E-state index is 12.6. The third-order valence-electron chi connectivity index (χ3n) is 8.01. The van der Waals surface area contributed by atoms with Gasteiger partial charge in [0.15, 0.2) is 11.0 Å². The Labute approximate surface area is 291 Å². The van der Waals surface area contributed by atoms with Crippen molar-refractivity contribution in [1.29, 1.82) is 0 Å². The Hall–Kier alpha value is -4.03. The second-order valence-corrected chi connectivity index (χ2v) is 13.4. The number of hydrogen-bond donors (Lipinski definition) is 1. The molecule has 13 heteroatoms. The number of rotatable bonds is 14. The molecule has 1 aliphatic heterocycles. The minimum atomic E-state index is -4.15. The maximum absolute atomic E-state index is 12.6. The lowest BCUT2D eigenvalue weighted by molar-refractivity contribution is -0.670. The van der Waals surface area contributed by atoms with Gasteiger partial charge in [0.2, 0.25) is 0 Å². The fraction of sp³-hybridized carbons (Fsp3) is 0.314. The molecule has 1 aromatic heterocycles. The monoisotopic (exact) mass is 713 g/mol. The molecule has 3 aromatic carbocycles. The summed E-state index contributed by atoms with van der Waals surface area (Å²) in [4.78, 5) is 16.9. The predicted octanol–water partition coefficient (Wildman–Crippen LogP) is 6.99. The second-order valence-electron chi connectivity index (χ2n) is 11.0. The number of fused-ring (bicyclic) bond motifs is 2. The summed E-state index contributed by atoms with van der Waals surface area (Å²) in [5.41, 5.74) is 3.86. The molecule has 0 amide bonds. The van der Waals surface area contributed by atoms with Crippen LogP contribution in [0.1, 0.15) is 43.4 Å². The fourth-order valence-corrected chi connectivity index (χ4v) is 6.75. The number of halogens is 2. The number of benzene rings is 3. The summed E-state index contributed by atoms with van der Waals surface area (Å²) in [7, 11) is -4.15. The number of carbonyl (C=O) groups excluding carboxylic acids is 1. The number of allylic oxidation sites excluding steroid dienone is 2. The average molecular weight is 715 g/mol. The molecule has 1 aliphatic rings. The van der Waals surface area contributed by atoms with Crippen LogP contribution >= 0.6 is 23.2 Å². The summed E-state index contributed by atoms with van der Waals surface area (Å²) in [6, 6.07) is 18.7. The molecular formula is C35H39Cl2N4O6S+. The van der Waals surface area contributed by atoms with Crippen molar-refractivity contribution in [1.82, 2.24) is 4.57 Å². The van der Waals surface area contributed by atoms with E-state index < -0.39 is 21.8 Å². The molecule has 0 aliphatic carbocycles. The van der Waals surface area contributed by atoms with E-state index in [9.17, 15) is 17.8 Å². The fourth-order valence-electron chi connectivity index (χ4n) is 5.94. The van der Waals surface area contributed by atoms with Crippen LogP contribution < -0.4 is 19.1 Å². The van der Waals surface area contributed by atoms with Gasteiger partial charge in [-0.25, -0.2) is 13.9 Å². The molecule has 10 nitrogen and oxygen atoms in total. The molecule has 0 saturated carbocycles. The van der Waals surface area contributed by atoms with Crippen LogP contribution in [0, 0.1) is 0 Å². The number of carbonyl (C=O) groups is 1. The normalized spacial score (nSPS) is 14.0. The molecule has 1 N–H and O–H groups in total. The number of aryl methyl sites for hydroxylation is 2. The quantitative estimate of drug-likeness (QED) is 0.0847. The van der Waals surface area contributed by atoms with Crippen LogP contribution in [0.3, 0.4) is 0 Å². The Morgan fingerprint density at radius 2 is 1.67 bits per heavy atom. The van der Waals surface area contributed by atoms with Gasteiger partial charge in [-0.05, 0) is 63.2 Å². The van der Waals surface area contributed by atoms with Crippen molar-refractivity contribution in [3.63, 3.8) is 0 Å². The lowest BCUT2D eigenvalue weighted by atomic mass is 10.2. The summed E-state index contributed by atoms with van der Waals surface area (Å²) in [5, 5.41) is 0.921. The molecule has 5 rings (SSSR count). The highest BCUT2D eigenvalue weighted by molar-refractivity contribution is 7.85. The van der Waals surface area contributed by atoms with Gasteiger partial charge in [0, 0.05) is 25.1 Å². The SMILES string of the molecule is CCOC(=O)c1ccc2c(c1)n(CCCS(=O)(=O)O)c(/C=C/C=C1\N(CC)c3cc(Cl)c(Cl)cc3N1CCOc1ccccc1)[n+]2CC. The van der Waals surface area contributed by atoms with E-state index in [1.165, 1.54) is 0 Å². The summed E-state index contributed by atoms with van der Waals surface area (Å²) < 4.78 is 47.9. The first-order chi connectivity index (χ1) is 23.1. The summed E-state index contributed by atoms with van der Waals surface area (Å²) in [6.45, 7) is 8.61. The summed E-state index contributed by atoms with van der Waals surface area (Å²) >= 11 is 13.0. The Bertz CT molecular complexity index is 1960. The predicted molar refractivity (Wildman–Crippen MR) is 191 cm³/mol. The lowest BCUT2D eigenvalue weighted by Crippen LogP contribution is -2.35. The van der Waals surface area contributed by atoms with E-state index in [0.717, 1.165) is 39.8 Å². The van der Waals surface area contributed by atoms with E-state index in [2.05, 4.69) is 21.3 Å². The number of imidazole rings is 1. The summed E-state index contributed by atoms with van der Waals surface area (Å²) in [6.07, 6.45) is 6.10. The molecule has 0 saturated heterocycles. The molecule has 48 heavy (non-hydrogen) atoms. The van der Waals surface area contributed by atoms with Crippen LogP contribution in [-0.2, 0) is 27.9 Å². The number of hydrogen-bond acceptors (Lipinski definition) is 7. The molecule has 0 atom stereocenters. The maximum Gasteiger partial charge on any atom is 0.338 e. The van der Waals surface area contributed by atoms with Gasteiger partial charge in [0.05, 0.1) is 59.0 Å². The van der Waals surface area contributed by atoms with E-state index in [1.54, 1.807) is 19.1 Å². The van der Waals surface area contributed by atoms with Crippen LogP contribution in [-0.4, -0.2) is 55.6 Å². The highest BCUT2D eigenvalue weighted by atomic mass is 35.5. The zero-order valence-corrected chi connectivity index (χ0v) is 29.4. The number of para-hydroxylation sites is 1. The van der Waals surface area contributed by atoms with Crippen LogP contribution in [0.15, 0.2) is 78.6 Å². The van der Waals surface area contributed by atoms with Gasteiger partial charge in [-0.1, -0.05) is 47.5 Å². The number of ether oxygens (including phenoxy) is 2. The van der Waals surface area contributed by atoms with Crippen molar-refractivity contribution in [2.75, 3.05) is 41.9 Å². The smallest absolute Gasteiger partial charge is 0.338 e. The van der Waals surface area contributed by atoms with E-state index in [0.29, 0.717) is 41.8 Å². The van der Waals surface area contributed by atoms with Gasteiger partial charge in [-0.2, -0.15) is 8.42 Å². The molecule has 0 unspecified atom stereocenters. The molecule has 254 valence electrons. The first-order valence-electron chi connectivity index (χ1n) is 15.8. The first-order valence-corrected chi connectivity index (χ1v) is 18.2. The molecule has 4 aromatic rings. The number of esters is 1. The Morgan fingerprint density at radius 3 is 2.31 bits per heavy atom. The Morgan fingerprint density at radius 1 is 0.958 bits per heavy atom. The standard InChI is InChI=1S/C35H38Cl2N4O6S/c1-4-38-29-17-16-25(35(42)46-6-3)22-30(29)40(18-11-21-48(43,44)45)33(38)14-10-15-34-39(5-2)31-23-27(36)28(37)24-32(31)41(34)19-20-47-26-12-8-7-9-13-26/h7-10,12-17,22-24H,4-6,11,18-21H2,1-3H3/p+1. The topological polar surface area (TPSA) is 105 Å². The van der Waals surface area contributed by atoms with Gasteiger partial charge in [-0.3, -0.25) is 4.55 Å². The first kappa shape index (κ1) is 35.3. The zero-order valence-electron chi connectivity index (χ0n) is 27.1. The van der Waals surface area contributed by atoms with Crippen molar-refractivity contribution in [3.05, 3.63) is 100 Å². The third-order valence-corrected chi connectivity index (χ3v) is 9.53. The molecule has 0 spiro atoms. The van der Waals surface area contributed by atoms with Crippen molar-refractivity contribution in [2.45, 2.75) is 40.3 Å². The molecule has 0 fully saturated rings. The molecule has 0 radical (unpaired) electrons. The van der Waals surface area contributed by atoms with E-state index in [4.69, 9.17) is 32.7 Å². The van der Waals surface area contributed by atoms with Gasteiger partial charge in [0.1, 0.15) is 18.2 Å². The average Bonchev–Trinajstić information content (AvgIpc) is 3.51. The highest BCUT2D eigenvalue weighted by Gasteiger charge is 2.31.